The summed E-state index contributed by atoms with van der Waals surface area (Å²) in [5.41, 5.74) is 5.11. The van der Waals surface area contributed by atoms with Crippen molar-refractivity contribution < 1.29 is 23.9 Å². The van der Waals surface area contributed by atoms with Gasteiger partial charge in [-0.25, -0.2) is 4.79 Å². The molecule has 0 aromatic heterocycles. The van der Waals surface area contributed by atoms with E-state index in [1.807, 2.05) is 115 Å². The van der Waals surface area contributed by atoms with Gasteiger partial charge in [0, 0.05) is 33.4 Å². The van der Waals surface area contributed by atoms with Crippen molar-refractivity contribution >= 4 is 23.6 Å². The smallest absolute Gasteiger partial charge is 0.354 e. The zero-order valence-corrected chi connectivity index (χ0v) is 29.1. The summed E-state index contributed by atoms with van der Waals surface area (Å²) in [4.78, 5) is 30.2. The van der Waals surface area contributed by atoms with Gasteiger partial charge in [-0.05, 0) is 50.1 Å². The van der Waals surface area contributed by atoms with Crippen molar-refractivity contribution in [1.29, 1.82) is 0 Å². The van der Waals surface area contributed by atoms with Crippen LogP contribution in [0.2, 0.25) is 0 Å². The molecular formula is C43H37N3O5. The minimum atomic E-state index is -1.57. The number of nitrogens with zero attached hydrogens (tertiary/aromatic N) is 3. The SMILES string of the molecule is COc1ccccc1/C=C1\[C@@]2(C(=O)ON=C2c2ccccc2)[C@@H](c2ccccc2OC)N2C(c3c(C)cc(C)cc3C)=NO[C@@]12c1ccccc1. The number of carbonyl (C=O) groups excluding carboxylic acids is 1. The summed E-state index contributed by atoms with van der Waals surface area (Å²) in [7, 11) is 3.27. The Kier molecular flexibility index (Phi) is 7.75. The second-order valence-corrected chi connectivity index (χ2v) is 13.1. The lowest BCUT2D eigenvalue weighted by Crippen LogP contribution is -2.45. The van der Waals surface area contributed by atoms with Gasteiger partial charge in [0.2, 0.25) is 0 Å². The summed E-state index contributed by atoms with van der Waals surface area (Å²) in [6, 6.07) is 38.6. The van der Waals surface area contributed by atoms with Crippen LogP contribution in [0.1, 0.15) is 50.5 Å². The van der Waals surface area contributed by atoms with Crippen LogP contribution in [0.3, 0.4) is 0 Å². The van der Waals surface area contributed by atoms with E-state index in [9.17, 15) is 0 Å². The van der Waals surface area contributed by atoms with Gasteiger partial charge < -0.3 is 19.1 Å². The third-order valence-corrected chi connectivity index (χ3v) is 10.2. The molecule has 1 fully saturated rings. The van der Waals surface area contributed by atoms with Gasteiger partial charge in [-0.2, -0.15) is 0 Å². The van der Waals surface area contributed by atoms with Crippen LogP contribution in [0.5, 0.6) is 11.5 Å². The van der Waals surface area contributed by atoms with Gasteiger partial charge in [0.25, 0.3) is 5.72 Å². The number of ether oxygens (including phenoxy) is 2. The summed E-state index contributed by atoms with van der Waals surface area (Å²) >= 11 is 0. The molecule has 5 aromatic carbocycles. The minimum absolute atomic E-state index is 0.454. The van der Waals surface area contributed by atoms with Gasteiger partial charge >= 0.3 is 5.97 Å². The molecule has 3 heterocycles. The van der Waals surface area contributed by atoms with Gasteiger partial charge in [-0.15, -0.1) is 0 Å². The molecule has 8 heteroatoms. The van der Waals surface area contributed by atoms with E-state index in [1.54, 1.807) is 14.2 Å². The fourth-order valence-corrected chi connectivity index (χ4v) is 8.25. The fourth-order valence-electron chi connectivity index (χ4n) is 8.25. The van der Waals surface area contributed by atoms with Crippen molar-refractivity contribution in [3.63, 3.8) is 0 Å². The van der Waals surface area contributed by atoms with E-state index in [2.05, 4.69) is 43.0 Å². The van der Waals surface area contributed by atoms with Crippen LogP contribution < -0.4 is 9.47 Å². The number of hydrogen-bond acceptors (Lipinski definition) is 8. The average Bonchev–Trinajstić information content (AvgIpc) is 3.78. The Morgan fingerprint density at radius 3 is 2.04 bits per heavy atom. The Labute approximate surface area is 297 Å². The number of aryl methyl sites for hydroxylation is 3. The first-order valence-electron chi connectivity index (χ1n) is 16.9. The molecule has 0 amide bonds. The largest absolute Gasteiger partial charge is 0.496 e. The molecule has 0 aliphatic carbocycles. The molecule has 5 aromatic rings. The summed E-state index contributed by atoms with van der Waals surface area (Å²) in [5.74, 6) is 1.27. The first-order valence-corrected chi connectivity index (χ1v) is 16.9. The van der Waals surface area contributed by atoms with E-state index in [4.69, 9.17) is 24.3 Å². The predicted molar refractivity (Wildman–Crippen MR) is 196 cm³/mol. The molecular weight excluding hydrogens is 638 g/mol. The zero-order chi connectivity index (χ0) is 35.3. The summed E-state index contributed by atoms with van der Waals surface area (Å²) in [5, 5.41) is 9.59. The lowest BCUT2D eigenvalue weighted by molar-refractivity contribution is -0.147. The number of carbonyl (C=O) groups is 1. The third-order valence-electron chi connectivity index (χ3n) is 10.2. The summed E-state index contributed by atoms with van der Waals surface area (Å²) < 4.78 is 12.0. The number of rotatable bonds is 7. The van der Waals surface area contributed by atoms with Crippen LogP contribution in [-0.2, 0) is 20.2 Å². The molecule has 51 heavy (non-hydrogen) atoms. The van der Waals surface area contributed by atoms with Crippen molar-refractivity contribution in [3.8, 4) is 11.5 Å². The Morgan fingerprint density at radius 2 is 1.35 bits per heavy atom. The highest BCUT2D eigenvalue weighted by Crippen LogP contribution is 2.68. The van der Waals surface area contributed by atoms with Crippen molar-refractivity contribution in [2.24, 2.45) is 15.7 Å². The van der Waals surface area contributed by atoms with Gasteiger partial charge in [-0.1, -0.05) is 125 Å². The van der Waals surface area contributed by atoms with Gasteiger partial charge in [0.1, 0.15) is 17.2 Å². The maximum Gasteiger partial charge on any atom is 0.354 e. The maximum absolute atomic E-state index is 15.2. The van der Waals surface area contributed by atoms with Crippen molar-refractivity contribution in [2.45, 2.75) is 32.5 Å². The van der Waals surface area contributed by atoms with Crippen LogP contribution in [0.25, 0.3) is 6.08 Å². The molecule has 0 bridgehead atoms. The second-order valence-electron chi connectivity index (χ2n) is 13.1. The molecule has 0 radical (unpaired) electrons. The molecule has 1 spiro atoms. The maximum atomic E-state index is 15.2. The van der Waals surface area contributed by atoms with Crippen LogP contribution in [-0.4, -0.2) is 36.6 Å². The summed E-state index contributed by atoms with van der Waals surface area (Å²) in [6.45, 7) is 6.24. The van der Waals surface area contributed by atoms with Gasteiger partial charge in [0.05, 0.1) is 20.3 Å². The number of amidine groups is 1. The quantitative estimate of drug-likeness (QED) is 0.162. The molecule has 254 valence electrons. The lowest BCUT2D eigenvalue weighted by atomic mass is 9.66. The normalized spacial score (nSPS) is 22.8. The second kappa shape index (κ2) is 12.3. The first kappa shape index (κ1) is 32.1. The monoisotopic (exact) mass is 675 g/mol. The highest BCUT2D eigenvalue weighted by atomic mass is 16.7. The predicted octanol–water partition coefficient (Wildman–Crippen LogP) is 8.26. The number of para-hydroxylation sites is 2. The topological polar surface area (TPSA) is 82.0 Å². The molecule has 0 saturated carbocycles. The Balaban J connectivity index is 1.57. The first-order chi connectivity index (χ1) is 24.9. The Morgan fingerprint density at radius 1 is 0.745 bits per heavy atom. The number of benzene rings is 5. The third kappa shape index (κ3) is 4.63. The number of methoxy groups -OCH3 is 2. The van der Waals surface area contributed by atoms with Crippen LogP contribution in [0.15, 0.2) is 137 Å². The molecule has 8 rings (SSSR count). The molecule has 3 aliphatic heterocycles. The molecule has 0 unspecified atom stereocenters. The van der Waals surface area contributed by atoms with Gasteiger partial charge in [-0.3, -0.25) is 4.90 Å². The van der Waals surface area contributed by atoms with E-state index in [-0.39, 0.29) is 0 Å². The molecule has 8 nitrogen and oxygen atoms in total. The van der Waals surface area contributed by atoms with Crippen molar-refractivity contribution in [1.82, 2.24) is 4.90 Å². The van der Waals surface area contributed by atoms with Crippen LogP contribution in [0.4, 0.5) is 0 Å². The van der Waals surface area contributed by atoms with Crippen LogP contribution >= 0.6 is 0 Å². The molecule has 3 aliphatic rings. The number of fused-ring (bicyclic) bond motifs is 1. The Hall–Kier alpha value is -6.15. The molecule has 0 N–H and O–H groups in total. The van der Waals surface area contributed by atoms with Crippen molar-refractivity contribution in [3.05, 3.63) is 171 Å². The van der Waals surface area contributed by atoms with Crippen molar-refractivity contribution in [2.75, 3.05) is 14.2 Å². The highest BCUT2D eigenvalue weighted by molar-refractivity contribution is 6.23. The number of oxime groups is 2. The fraction of sp³-hybridized carbons (Fsp3) is 0.186. The standard InChI is InChI=1S/C43H37N3O5/c1-27-24-28(2)37(29(3)25-27)40-45-51-43(32-19-10-7-11-20-32)36(26-31-18-12-14-22-34(31)48-4)42(38(44-50-41(42)47)30-16-8-6-9-17-30)39(46(40)43)33-21-13-15-23-35(33)49-5/h6-26,39H,1-5H3/b36-26+/t39-,42+,43+/m1/s1. The van der Waals surface area contributed by atoms with E-state index < -0.39 is 23.2 Å². The number of hydrogen-bond donors (Lipinski definition) is 0. The lowest BCUT2D eigenvalue weighted by Gasteiger charge is -2.36. The van der Waals surface area contributed by atoms with E-state index >= 15 is 4.79 Å². The van der Waals surface area contributed by atoms with Crippen LogP contribution in [0, 0.1) is 26.2 Å². The summed E-state index contributed by atoms with van der Waals surface area (Å²) in [6.07, 6.45) is 1.99. The Bertz CT molecular complexity index is 2240. The zero-order valence-electron chi connectivity index (χ0n) is 29.1. The van der Waals surface area contributed by atoms with E-state index in [0.717, 1.165) is 44.5 Å². The van der Waals surface area contributed by atoms with Gasteiger partial charge in [0.15, 0.2) is 11.3 Å². The minimum Gasteiger partial charge on any atom is -0.496 e. The average molecular weight is 676 g/mol. The van der Waals surface area contributed by atoms with E-state index in [0.29, 0.717) is 28.6 Å². The molecule has 1 saturated heterocycles. The highest BCUT2D eigenvalue weighted by Gasteiger charge is 2.77. The molecule has 3 atom stereocenters. The van der Waals surface area contributed by atoms with E-state index in [1.165, 1.54) is 0 Å².